The summed E-state index contributed by atoms with van der Waals surface area (Å²) in [5.74, 6) is -0.0334. The van der Waals surface area contributed by atoms with E-state index >= 15 is 0 Å². The first kappa shape index (κ1) is 17.2. The molecule has 0 aliphatic heterocycles. The van der Waals surface area contributed by atoms with Gasteiger partial charge in [-0.3, -0.25) is 4.79 Å². The summed E-state index contributed by atoms with van der Waals surface area (Å²) in [4.78, 5) is 14.6. The lowest BCUT2D eigenvalue weighted by Crippen LogP contribution is -2.27. The fourth-order valence-electron chi connectivity index (χ4n) is 2.86. The van der Waals surface area contributed by atoms with Crippen LogP contribution in [0.5, 0.6) is 0 Å². The second-order valence-electron chi connectivity index (χ2n) is 5.90. The van der Waals surface area contributed by atoms with E-state index in [1.165, 1.54) is 0 Å². The molecule has 3 aromatic rings. The Bertz CT molecular complexity index is 874. The van der Waals surface area contributed by atoms with Crippen molar-refractivity contribution in [2.75, 3.05) is 7.05 Å². The number of halogens is 1. The van der Waals surface area contributed by atoms with Gasteiger partial charge in [-0.15, -0.1) is 0 Å². The molecule has 128 valence electrons. The van der Waals surface area contributed by atoms with Gasteiger partial charge in [-0.2, -0.15) is 5.10 Å². The second-order valence-corrected chi connectivity index (χ2v) is 6.33. The standard InChI is InChI=1S/C20H20ClN3O/c1-3-19-18(13-22-24(19)17-11-7-10-16(21)12-17)20(25)23(2)14-15-8-5-4-6-9-15/h4-13H,3,14H2,1-2H3. The third kappa shape index (κ3) is 3.74. The summed E-state index contributed by atoms with van der Waals surface area (Å²) in [5.41, 5.74) is 3.46. The lowest BCUT2D eigenvalue weighted by atomic mass is 10.1. The molecule has 0 spiro atoms. The highest BCUT2D eigenvalue weighted by Crippen LogP contribution is 2.20. The molecule has 0 saturated carbocycles. The first-order chi connectivity index (χ1) is 12.1. The zero-order valence-corrected chi connectivity index (χ0v) is 15.1. The smallest absolute Gasteiger partial charge is 0.257 e. The van der Waals surface area contributed by atoms with Crippen LogP contribution >= 0.6 is 11.6 Å². The summed E-state index contributed by atoms with van der Waals surface area (Å²) in [7, 11) is 1.81. The van der Waals surface area contributed by atoms with Crippen LogP contribution < -0.4 is 0 Å². The second kappa shape index (κ2) is 7.53. The average Bonchev–Trinajstić information content (AvgIpc) is 3.05. The van der Waals surface area contributed by atoms with Gasteiger partial charge in [0.15, 0.2) is 0 Å². The highest BCUT2D eigenvalue weighted by atomic mass is 35.5. The van der Waals surface area contributed by atoms with Gasteiger partial charge in [-0.1, -0.05) is 54.9 Å². The molecule has 0 unspecified atom stereocenters. The van der Waals surface area contributed by atoms with Crippen LogP contribution in [0.2, 0.25) is 5.02 Å². The molecule has 0 aliphatic carbocycles. The van der Waals surface area contributed by atoms with Crippen LogP contribution in [-0.4, -0.2) is 27.6 Å². The Hall–Kier alpha value is -2.59. The van der Waals surface area contributed by atoms with E-state index in [0.29, 0.717) is 23.6 Å². The molecule has 5 heteroatoms. The van der Waals surface area contributed by atoms with Crippen molar-refractivity contribution in [1.29, 1.82) is 0 Å². The molecule has 0 N–H and O–H groups in total. The van der Waals surface area contributed by atoms with Gasteiger partial charge in [-0.25, -0.2) is 4.68 Å². The molecule has 1 aromatic heterocycles. The zero-order chi connectivity index (χ0) is 17.8. The van der Waals surface area contributed by atoms with E-state index in [2.05, 4.69) is 5.10 Å². The van der Waals surface area contributed by atoms with E-state index in [4.69, 9.17) is 11.6 Å². The Kier molecular flexibility index (Phi) is 5.19. The van der Waals surface area contributed by atoms with Crippen LogP contribution in [0, 0.1) is 0 Å². The topological polar surface area (TPSA) is 38.1 Å². The minimum atomic E-state index is -0.0334. The number of carbonyl (C=O) groups excluding carboxylic acids is 1. The predicted molar refractivity (Wildman–Crippen MR) is 100 cm³/mol. The zero-order valence-electron chi connectivity index (χ0n) is 14.3. The van der Waals surface area contributed by atoms with Gasteiger partial charge < -0.3 is 4.90 Å². The molecule has 0 radical (unpaired) electrons. The fraction of sp³-hybridized carbons (Fsp3) is 0.200. The Balaban J connectivity index is 1.88. The number of nitrogens with zero attached hydrogens (tertiary/aromatic N) is 3. The van der Waals surface area contributed by atoms with E-state index in [1.54, 1.807) is 15.8 Å². The number of amides is 1. The largest absolute Gasteiger partial charge is 0.337 e. The van der Waals surface area contributed by atoms with Crippen molar-refractivity contribution in [1.82, 2.24) is 14.7 Å². The Morgan fingerprint density at radius 3 is 2.60 bits per heavy atom. The normalized spacial score (nSPS) is 10.7. The highest BCUT2D eigenvalue weighted by Gasteiger charge is 2.20. The molecule has 1 amide bonds. The van der Waals surface area contributed by atoms with E-state index in [9.17, 15) is 4.79 Å². The summed E-state index contributed by atoms with van der Waals surface area (Å²) in [5, 5.41) is 5.06. The first-order valence-electron chi connectivity index (χ1n) is 8.22. The van der Waals surface area contributed by atoms with Gasteiger partial charge >= 0.3 is 0 Å². The predicted octanol–water partition coefficient (Wildman–Crippen LogP) is 4.36. The highest BCUT2D eigenvalue weighted by molar-refractivity contribution is 6.30. The summed E-state index contributed by atoms with van der Waals surface area (Å²) in [6.07, 6.45) is 2.34. The summed E-state index contributed by atoms with van der Waals surface area (Å²) >= 11 is 6.08. The van der Waals surface area contributed by atoms with Crippen molar-refractivity contribution < 1.29 is 4.79 Å². The molecule has 0 aliphatic rings. The van der Waals surface area contributed by atoms with Crippen molar-refractivity contribution in [3.63, 3.8) is 0 Å². The van der Waals surface area contributed by atoms with Crippen LogP contribution in [0.15, 0.2) is 60.8 Å². The molecule has 3 rings (SSSR count). The minimum absolute atomic E-state index is 0.0334. The van der Waals surface area contributed by atoms with Crippen molar-refractivity contribution in [2.45, 2.75) is 19.9 Å². The van der Waals surface area contributed by atoms with Gasteiger partial charge in [0.05, 0.1) is 23.1 Å². The van der Waals surface area contributed by atoms with E-state index in [-0.39, 0.29) is 5.91 Å². The summed E-state index contributed by atoms with van der Waals surface area (Å²) < 4.78 is 1.79. The monoisotopic (exact) mass is 353 g/mol. The number of benzene rings is 2. The summed E-state index contributed by atoms with van der Waals surface area (Å²) in [6.45, 7) is 2.58. The van der Waals surface area contributed by atoms with E-state index < -0.39 is 0 Å². The van der Waals surface area contributed by atoms with Gasteiger partial charge in [0.2, 0.25) is 0 Å². The van der Waals surface area contributed by atoms with Gasteiger partial charge in [0.25, 0.3) is 5.91 Å². The molecule has 1 heterocycles. The third-order valence-electron chi connectivity index (χ3n) is 4.10. The van der Waals surface area contributed by atoms with E-state index in [1.807, 2.05) is 68.6 Å². The van der Waals surface area contributed by atoms with Crippen LogP contribution in [-0.2, 0) is 13.0 Å². The number of hydrogen-bond donors (Lipinski definition) is 0. The average molecular weight is 354 g/mol. The maximum absolute atomic E-state index is 12.9. The lowest BCUT2D eigenvalue weighted by molar-refractivity contribution is 0.0784. The number of aromatic nitrogens is 2. The van der Waals surface area contributed by atoms with Crippen molar-refractivity contribution in [3.8, 4) is 5.69 Å². The molecule has 2 aromatic carbocycles. The van der Waals surface area contributed by atoms with Crippen LogP contribution in [0.25, 0.3) is 5.69 Å². The number of rotatable bonds is 5. The van der Waals surface area contributed by atoms with Crippen LogP contribution in [0.3, 0.4) is 0 Å². The van der Waals surface area contributed by atoms with Crippen LogP contribution in [0.4, 0.5) is 0 Å². The van der Waals surface area contributed by atoms with Crippen molar-refractivity contribution in [3.05, 3.63) is 82.6 Å². The molecule has 4 nitrogen and oxygen atoms in total. The Morgan fingerprint density at radius 2 is 1.92 bits per heavy atom. The lowest BCUT2D eigenvalue weighted by Gasteiger charge is -2.17. The molecular weight excluding hydrogens is 334 g/mol. The van der Waals surface area contributed by atoms with E-state index in [0.717, 1.165) is 16.9 Å². The Morgan fingerprint density at radius 1 is 1.16 bits per heavy atom. The molecule has 25 heavy (non-hydrogen) atoms. The molecule has 0 fully saturated rings. The van der Waals surface area contributed by atoms with Gasteiger partial charge in [0.1, 0.15) is 0 Å². The number of carbonyl (C=O) groups is 1. The number of hydrogen-bond acceptors (Lipinski definition) is 2. The Labute approximate surface area is 152 Å². The minimum Gasteiger partial charge on any atom is -0.337 e. The third-order valence-corrected chi connectivity index (χ3v) is 4.33. The molecule has 0 bridgehead atoms. The molecular formula is C20H20ClN3O. The van der Waals surface area contributed by atoms with Gasteiger partial charge in [-0.05, 0) is 30.2 Å². The maximum Gasteiger partial charge on any atom is 0.257 e. The first-order valence-corrected chi connectivity index (χ1v) is 8.60. The quantitative estimate of drug-likeness (QED) is 0.683. The van der Waals surface area contributed by atoms with Crippen LogP contribution in [0.1, 0.15) is 28.5 Å². The van der Waals surface area contributed by atoms with Gasteiger partial charge in [0, 0.05) is 18.6 Å². The van der Waals surface area contributed by atoms with Crippen molar-refractivity contribution >= 4 is 17.5 Å². The maximum atomic E-state index is 12.9. The fourth-order valence-corrected chi connectivity index (χ4v) is 3.04. The summed E-state index contributed by atoms with van der Waals surface area (Å²) in [6, 6.07) is 17.4. The molecule has 0 saturated heterocycles. The SMILES string of the molecule is CCc1c(C(=O)N(C)Cc2ccccc2)cnn1-c1cccc(Cl)c1. The molecule has 0 atom stereocenters. The van der Waals surface area contributed by atoms with Crippen molar-refractivity contribution in [2.24, 2.45) is 0 Å².